The van der Waals surface area contributed by atoms with Crippen molar-refractivity contribution in [3.8, 4) is 22.7 Å². The van der Waals surface area contributed by atoms with E-state index in [-0.39, 0.29) is 5.91 Å². The van der Waals surface area contributed by atoms with E-state index in [9.17, 15) is 4.79 Å². The third-order valence-corrected chi connectivity index (χ3v) is 5.96. The van der Waals surface area contributed by atoms with E-state index >= 15 is 0 Å². The van der Waals surface area contributed by atoms with Crippen LogP contribution in [0, 0.1) is 0 Å². The minimum absolute atomic E-state index is 0.00189. The number of methoxy groups -OCH3 is 1. The monoisotopic (exact) mass is 424 g/mol. The number of hydrogen-bond donors (Lipinski definition) is 0. The summed E-state index contributed by atoms with van der Waals surface area (Å²) in [7, 11) is 1.67. The number of benzene rings is 2. The third kappa shape index (κ3) is 3.87. The summed E-state index contributed by atoms with van der Waals surface area (Å²) >= 11 is 0. The molecule has 2 aromatic carbocycles. The molecule has 6 heteroatoms. The highest BCUT2D eigenvalue weighted by molar-refractivity contribution is 6.00. The van der Waals surface area contributed by atoms with Gasteiger partial charge in [-0.05, 0) is 48.4 Å². The standard InChI is InChI=1S/C26H24N4O2/c1-32-23-11-9-19(10-12-23)21-13-15-29(17-21)26(31)24-18-30(22-7-3-2-4-8-22)28-25(24)20-6-5-14-27-16-20/h2-12,14,16,18,21H,13,15,17H2,1H3. The van der Waals surface area contributed by atoms with E-state index in [1.165, 1.54) is 5.56 Å². The minimum atomic E-state index is 0.00189. The smallest absolute Gasteiger partial charge is 0.257 e. The molecule has 1 saturated heterocycles. The first-order chi connectivity index (χ1) is 15.7. The van der Waals surface area contributed by atoms with Crippen LogP contribution in [0.1, 0.15) is 28.3 Å². The Balaban J connectivity index is 1.44. The van der Waals surface area contributed by atoms with Gasteiger partial charge in [0.1, 0.15) is 11.4 Å². The van der Waals surface area contributed by atoms with Crippen LogP contribution in [0.4, 0.5) is 0 Å². The van der Waals surface area contributed by atoms with Crippen LogP contribution in [-0.4, -0.2) is 45.8 Å². The molecular formula is C26H24N4O2. The summed E-state index contributed by atoms with van der Waals surface area (Å²) in [5.74, 6) is 1.16. The van der Waals surface area contributed by atoms with Gasteiger partial charge in [-0.1, -0.05) is 30.3 Å². The zero-order valence-electron chi connectivity index (χ0n) is 17.9. The molecule has 1 amide bonds. The first-order valence-corrected chi connectivity index (χ1v) is 10.7. The molecule has 1 unspecified atom stereocenters. The number of amides is 1. The summed E-state index contributed by atoms with van der Waals surface area (Å²) in [6.45, 7) is 1.41. The highest BCUT2D eigenvalue weighted by Gasteiger charge is 2.30. The van der Waals surface area contributed by atoms with E-state index in [4.69, 9.17) is 9.84 Å². The zero-order chi connectivity index (χ0) is 21.9. The van der Waals surface area contributed by atoms with Crippen LogP contribution in [-0.2, 0) is 0 Å². The second kappa shape index (κ2) is 8.67. The molecule has 1 aliphatic rings. The van der Waals surface area contributed by atoms with Crippen molar-refractivity contribution >= 4 is 5.91 Å². The van der Waals surface area contributed by atoms with Crippen molar-refractivity contribution in [2.45, 2.75) is 12.3 Å². The fraction of sp³-hybridized carbons (Fsp3) is 0.192. The van der Waals surface area contributed by atoms with Gasteiger partial charge in [0, 0.05) is 43.2 Å². The second-order valence-corrected chi connectivity index (χ2v) is 7.92. The van der Waals surface area contributed by atoms with Gasteiger partial charge in [0.2, 0.25) is 0 Å². The van der Waals surface area contributed by atoms with Crippen molar-refractivity contribution in [1.29, 1.82) is 0 Å². The van der Waals surface area contributed by atoms with Crippen molar-refractivity contribution in [3.63, 3.8) is 0 Å². The Labute approximate surface area is 187 Å². The number of carbonyl (C=O) groups excluding carboxylic acids is 1. The molecule has 5 rings (SSSR count). The molecule has 0 spiro atoms. The summed E-state index contributed by atoms with van der Waals surface area (Å²) in [5, 5.41) is 4.75. The molecule has 0 radical (unpaired) electrons. The van der Waals surface area contributed by atoms with Crippen LogP contribution in [0.15, 0.2) is 85.3 Å². The molecule has 0 saturated carbocycles. The summed E-state index contributed by atoms with van der Waals surface area (Å²) in [6.07, 6.45) is 6.24. The average molecular weight is 425 g/mol. The normalized spacial score (nSPS) is 15.7. The van der Waals surface area contributed by atoms with Crippen LogP contribution in [0.2, 0.25) is 0 Å². The van der Waals surface area contributed by atoms with Gasteiger partial charge in [-0.3, -0.25) is 9.78 Å². The third-order valence-electron chi connectivity index (χ3n) is 5.96. The van der Waals surface area contributed by atoms with E-state index in [1.807, 2.05) is 65.7 Å². The van der Waals surface area contributed by atoms with Gasteiger partial charge in [0.15, 0.2) is 0 Å². The Hall–Kier alpha value is -3.93. The van der Waals surface area contributed by atoms with Gasteiger partial charge in [-0.2, -0.15) is 5.10 Å². The Kier molecular flexibility index (Phi) is 5.42. The van der Waals surface area contributed by atoms with E-state index in [0.29, 0.717) is 23.7 Å². The number of pyridine rings is 1. The lowest BCUT2D eigenvalue weighted by Gasteiger charge is -2.17. The number of hydrogen-bond acceptors (Lipinski definition) is 4. The molecule has 32 heavy (non-hydrogen) atoms. The van der Waals surface area contributed by atoms with Gasteiger partial charge >= 0.3 is 0 Å². The zero-order valence-corrected chi connectivity index (χ0v) is 17.9. The molecule has 1 fully saturated rings. The fourth-order valence-electron chi connectivity index (χ4n) is 4.22. The first-order valence-electron chi connectivity index (χ1n) is 10.7. The van der Waals surface area contributed by atoms with Gasteiger partial charge < -0.3 is 9.64 Å². The lowest BCUT2D eigenvalue weighted by Crippen LogP contribution is -2.28. The highest BCUT2D eigenvalue weighted by Crippen LogP contribution is 2.31. The predicted octanol–water partition coefficient (Wildman–Crippen LogP) is 4.57. The molecule has 2 aromatic heterocycles. The Morgan fingerprint density at radius 3 is 2.56 bits per heavy atom. The Bertz CT molecular complexity index is 1200. The van der Waals surface area contributed by atoms with Gasteiger partial charge in [0.05, 0.1) is 18.4 Å². The number of rotatable bonds is 5. The van der Waals surface area contributed by atoms with E-state index in [0.717, 1.165) is 30.0 Å². The molecule has 0 N–H and O–H groups in total. The van der Waals surface area contributed by atoms with Crippen LogP contribution in [0.25, 0.3) is 16.9 Å². The maximum atomic E-state index is 13.6. The second-order valence-electron chi connectivity index (χ2n) is 7.92. The SMILES string of the molecule is COc1ccc(C2CCN(C(=O)c3cn(-c4ccccc4)nc3-c3cccnc3)C2)cc1. The molecule has 3 heterocycles. The van der Waals surface area contributed by atoms with E-state index < -0.39 is 0 Å². The highest BCUT2D eigenvalue weighted by atomic mass is 16.5. The van der Waals surface area contributed by atoms with Crippen LogP contribution in [0.3, 0.4) is 0 Å². The number of para-hydroxylation sites is 1. The summed E-state index contributed by atoms with van der Waals surface area (Å²) < 4.78 is 7.03. The van der Waals surface area contributed by atoms with Gasteiger partial charge in [-0.25, -0.2) is 4.68 Å². The molecule has 0 aliphatic carbocycles. The van der Waals surface area contributed by atoms with Crippen molar-refractivity contribution in [2.75, 3.05) is 20.2 Å². The number of likely N-dealkylation sites (tertiary alicyclic amines) is 1. The maximum absolute atomic E-state index is 13.6. The Morgan fingerprint density at radius 2 is 1.84 bits per heavy atom. The van der Waals surface area contributed by atoms with Crippen molar-refractivity contribution in [1.82, 2.24) is 19.7 Å². The maximum Gasteiger partial charge on any atom is 0.257 e. The Morgan fingerprint density at radius 1 is 1.03 bits per heavy atom. The van der Waals surface area contributed by atoms with E-state index in [1.54, 1.807) is 24.2 Å². The average Bonchev–Trinajstić information content (AvgIpc) is 3.53. The molecule has 1 aliphatic heterocycles. The number of aromatic nitrogens is 3. The lowest BCUT2D eigenvalue weighted by atomic mass is 9.98. The molecule has 160 valence electrons. The molecular weight excluding hydrogens is 400 g/mol. The first kappa shape index (κ1) is 20.0. The van der Waals surface area contributed by atoms with Gasteiger partial charge in [-0.15, -0.1) is 0 Å². The van der Waals surface area contributed by atoms with Crippen molar-refractivity contribution in [2.24, 2.45) is 0 Å². The minimum Gasteiger partial charge on any atom is -0.497 e. The molecule has 6 nitrogen and oxygen atoms in total. The lowest BCUT2D eigenvalue weighted by molar-refractivity contribution is 0.0791. The summed E-state index contributed by atoms with van der Waals surface area (Å²) in [5.41, 5.74) is 4.22. The number of ether oxygens (including phenoxy) is 1. The van der Waals surface area contributed by atoms with Crippen LogP contribution >= 0.6 is 0 Å². The van der Waals surface area contributed by atoms with Crippen LogP contribution in [0.5, 0.6) is 5.75 Å². The fourth-order valence-corrected chi connectivity index (χ4v) is 4.22. The van der Waals surface area contributed by atoms with Gasteiger partial charge in [0.25, 0.3) is 5.91 Å². The number of nitrogens with zero attached hydrogens (tertiary/aromatic N) is 4. The summed E-state index contributed by atoms with van der Waals surface area (Å²) in [6, 6.07) is 21.8. The van der Waals surface area contributed by atoms with Crippen molar-refractivity contribution < 1.29 is 9.53 Å². The topological polar surface area (TPSA) is 60.2 Å². The molecule has 0 bridgehead atoms. The summed E-state index contributed by atoms with van der Waals surface area (Å²) in [4.78, 5) is 19.7. The van der Waals surface area contributed by atoms with E-state index in [2.05, 4.69) is 17.1 Å². The largest absolute Gasteiger partial charge is 0.497 e. The molecule has 1 atom stereocenters. The quantitative estimate of drug-likeness (QED) is 0.471. The van der Waals surface area contributed by atoms with Crippen molar-refractivity contribution in [3.05, 3.63) is 96.4 Å². The predicted molar refractivity (Wildman–Crippen MR) is 123 cm³/mol. The molecule has 4 aromatic rings. The van der Waals surface area contributed by atoms with Crippen LogP contribution < -0.4 is 4.74 Å². The number of carbonyl (C=O) groups is 1.